The van der Waals surface area contributed by atoms with Crippen molar-refractivity contribution in [1.82, 2.24) is 14.2 Å². The first-order valence-electron chi connectivity index (χ1n) is 9.53. The third-order valence-electron chi connectivity index (χ3n) is 5.12. The number of hydrogen-bond donors (Lipinski definition) is 0. The van der Waals surface area contributed by atoms with Crippen molar-refractivity contribution in [2.24, 2.45) is 0 Å². The Morgan fingerprint density at radius 1 is 1.10 bits per heavy atom. The summed E-state index contributed by atoms with van der Waals surface area (Å²) in [5.41, 5.74) is -0.513. The van der Waals surface area contributed by atoms with E-state index in [2.05, 4.69) is 4.98 Å². The van der Waals surface area contributed by atoms with Gasteiger partial charge in [-0.3, -0.25) is 4.79 Å². The molecule has 3 rings (SSSR count). The highest BCUT2D eigenvalue weighted by Crippen LogP contribution is 2.30. The van der Waals surface area contributed by atoms with Gasteiger partial charge in [0.25, 0.3) is 5.91 Å². The van der Waals surface area contributed by atoms with Crippen LogP contribution in [0.5, 0.6) is 0 Å². The Bertz CT molecular complexity index is 1040. The Labute approximate surface area is 179 Å². The molecule has 0 aliphatic carbocycles. The predicted molar refractivity (Wildman–Crippen MR) is 109 cm³/mol. The van der Waals surface area contributed by atoms with Crippen LogP contribution in [0.15, 0.2) is 47.5 Å². The number of rotatable bonds is 4. The normalized spacial score (nSPS) is 18.1. The number of anilines is 1. The summed E-state index contributed by atoms with van der Waals surface area (Å²) in [5, 5.41) is 0. The van der Waals surface area contributed by atoms with Gasteiger partial charge in [-0.05, 0) is 43.3 Å². The van der Waals surface area contributed by atoms with Crippen molar-refractivity contribution in [3.63, 3.8) is 0 Å². The van der Waals surface area contributed by atoms with Gasteiger partial charge in [-0.2, -0.15) is 17.5 Å². The summed E-state index contributed by atoms with van der Waals surface area (Å²) in [7, 11) is -0.305. The maximum atomic E-state index is 12.9. The van der Waals surface area contributed by atoms with Gasteiger partial charge in [0.1, 0.15) is 5.82 Å². The van der Waals surface area contributed by atoms with Gasteiger partial charge in [-0.25, -0.2) is 13.4 Å². The molecule has 1 aromatic carbocycles. The van der Waals surface area contributed by atoms with Gasteiger partial charge in [0.15, 0.2) is 0 Å². The SMILES string of the molecule is CC1CN(S(=O)(=O)c2ccc(C(F)(F)F)cc2)CCN1C(=O)c1ccc(N(C)C)nc1. The number of carbonyl (C=O) groups is 1. The van der Waals surface area contributed by atoms with E-state index in [-0.39, 0.29) is 30.4 Å². The number of nitrogens with zero attached hydrogens (tertiary/aromatic N) is 4. The highest BCUT2D eigenvalue weighted by molar-refractivity contribution is 7.89. The standard InChI is InChI=1S/C20H23F3N4O3S/c1-14-13-26(31(29,30)17-7-5-16(6-8-17)20(21,22)23)10-11-27(14)19(28)15-4-9-18(24-12-15)25(2)3/h4-9,12,14H,10-11,13H2,1-3H3. The molecule has 2 aromatic rings. The van der Waals surface area contributed by atoms with Crippen molar-refractivity contribution in [1.29, 1.82) is 0 Å². The second-order valence-corrected chi connectivity index (χ2v) is 9.47. The molecule has 31 heavy (non-hydrogen) atoms. The first kappa shape index (κ1) is 23.0. The van der Waals surface area contributed by atoms with Crippen LogP contribution in [-0.4, -0.2) is 68.3 Å². The van der Waals surface area contributed by atoms with E-state index < -0.39 is 27.8 Å². The lowest BCUT2D eigenvalue weighted by molar-refractivity contribution is -0.137. The summed E-state index contributed by atoms with van der Waals surface area (Å²) in [6, 6.07) is 6.39. The fourth-order valence-corrected chi connectivity index (χ4v) is 4.86. The van der Waals surface area contributed by atoms with Crippen molar-refractivity contribution >= 4 is 21.7 Å². The van der Waals surface area contributed by atoms with Crippen molar-refractivity contribution in [2.75, 3.05) is 38.6 Å². The molecule has 1 aliphatic rings. The summed E-state index contributed by atoms with van der Waals surface area (Å²) in [6.45, 7) is 1.98. The molecule has 1 saturated heterocycles. The number of alkyl halides is 3. The molecule has 7 nitrogen and oxygen atoms in total. The molecule has 1 aromatic heterocycles. The fourth-order valence-electron chi connectivity index (χ4n) is 3.35. The molecule has 1 atom stereocenters. The van der Waals surface area contributed by atoms with Crippen LogP contribution in [0.1, 0.15) is 22.8 Å². The molecule has 0 N–H and O–H groups in total. The number of carbonyl (C=O) groups excluding carboxylic acids is 1. The van der Waals surface area contributed by atoms with Crippen LogP contribution in [-0.2, 0) is 16.2 Å². The zero-order chi connectivity index (χ0) is 23.0. The van der Waals surface area contributed by atoms with E-state index in [4.69, 9.17) is 0 Å². The minimum Gasteiger partial charge on any atom is -0.363 e. The van der Waals surface area contributed by atoms with Crippen LogP contribution >= 0.6 is 0 Å². The fraction of sp³-hybridized carbons (Fsp3) is 0.400. The summed E-state index contributed by atoms with van der Waals surface area (Å²) < 4.78 is 65.1. The molecule has 1 unspecified atom stereocenters. The van der Waals surface area contributed by atoms with Crippen molar-refractivity contribution in [3.8, 4) is 0 Å². The van der Waals surface area contributed by atoms with Gasteiger partial charge >= 0.3 is 6.18 Å². The molecule has 0 bridgehead atoms. The van der Waals surface area contributed by atoms with Crippen LogP contribution < -0.4 is 4.90 Å². The monoisotopic (exact) mass is 456 g/mol. The zero-order valence-electron chi connectivity index (χ0n) is 17.3. The lowest BCUT2D eigenvalue weighted by atomic mass is 10.1. The van der Waals surface area contributed by atoms with E-state index in [1.54, 1.807) is 24.0 Å². The van der Waals surface area contributed by atoms with Gasteiger partial charge in [0, 0.05) is 46.0 Å². The molecule has 1 fully saturated rings. The van der Waals surface area contributed by atoms with Crippen molar-refractivity contribution in [2.45, 2.75) is 24.0 Å². The Morgan fingerprint density at radius 2 is 1.74 bits per heavy atom. The van der Waals surface area contributed by atoms with Crippen LogP contribution in [0, 0.1) is 0 Å². The summed E-state index contributed by atoms with van der Waals surface area (Å²) in [4.78, 5) is 20.2. The lowest BCUT2D eigenvalue weighted by Gasteiger charge is -2.39. The Hall–Kier alpha value is -2.66. The molecule has 0 spiro atoms. The molecule has 1 amide bonds. The average Bonchev–Trinajstić information content (AvgIpc) is 2.72. The second-order valence-electron chi connectivity index (χ2n) is 7.53. The Balaban J connectivity index is 1.72. The largest absolute Gasteiger partial charge is 0.416 e. The van der Waals surface area contributed by atoms with E-state index in [9.17, 15) is 26.4 Å². The number of halogens is 3. The topological polar surface area (TPSA) is 73.8 Å². The van der Waals surface area contributed by atoms with E-state index in [0.717, 1.165) is 24.3 Å². The molecular formula is C20H23F3N4O3S. The third kappa shape index (κ3) is 4.82. The number of hydrogen-bond acceptors (Lipinski definition) is 5. The summed E-state index contributed by atoms with van der Waals surface area (Å²) in [6.07, 6.45) is -3.06. The molecule has 168 valence electrons. The first-order chi connectivity index (χ1) is 14.4. The quantitative estimate of drug-likeness (QED) is 0.708. The van der Waals surface area contributed by atoms with Crippen LogP contribution in [0.2, 0.25) is 0 Å². The highest BCUT2D eigenvalue weighted by Gasteiger charge is 2.35. The maximum Gasteiger partial charge on any atom is 0.416 e. The van der Waals surface area contributed by atoms with Crippen LogP contribution in [0.25, 0.3) is 0 Å². The van der Waals surface area contributed by atoms with E-state index in [0.29, 0.717) is 11.4 Å². The molecule has 0 saturated carbocycles. The highest BCUT2D eigenvalue weighted by atomic mass is 32.2. The van der Waals surface area contributed by atoms with Crippen LogP contribution in [0.4, 0.5) is 19.0 Å². The predicted octanol–water partition coefficient (Wildman–Crippen LogP) is 2.70. The molecule has 11 heteroatoms. The van der Waals surface area contributed by atoms with Gasteiger partial charge in [0.05, 0.1) is 16.0 Å². The summed E-state index contributed by atoms with van der Waals surface area (Å²) >= 11 is 0. The maximum absolute atomic E-state index is 12.9. The van der Waals surface area contributed by atoms with Gasteiger partial charge < -0.3 is 9.80 Å². The van der Waals surface area contributed by atoms with E-state index >= 15 is 0 Å². The van der Waals surface area contributed by atoms with E-state index in [1.165, 1.54) is 10.5 Å². The molecular weight excluding hydrogens is 433 g/mol. The number of benzene rings is 1. The van der Waals surface area contributed by atoms with E-state index in [1.807, 2.05) is 19.0 Å². The smallest absolute Gasteiger partial charge is 0.363 e. The molecule has 1 aliphatic heterocycles. The lowest BCUT2D eigenvalue weighted by Crippen LogP contribution is -2.55. The zero-order valence-corrected chi connectivity index (χ0v) is 18.1. The van der Waals surface area contributed by atoms with Gasteiger partial charge in [0.2, 0.25) is 10.0 Å². The Kier molecular flexibility index (Phi) is 6.28. The van der Waals surface area contributed by atoms with Crippen molar-refractivity contribution < 1.29 is 26.4 Å². The molecule has 2 heterocycles. The number of pyridine rings is 1. The second kappa shape index (κ2) is 8.46. The molecule has 0 radical (unpaired) electrons. The average molecular weight is 456 g/mol. The third-order valence-corrected chi connectivity index (χ3v) is 7.00. The van der Waals surface area contributed by atoms with Crippen LogP contribution in [0.3, 0.4) is 0 Å². The number of amides is 1. The summed E-state index contributed by atoms with van der Waals surface area (Å²) in [5.74, 6) is 0.453. The first-order valence-corrected chi connectivity index (χ1v) is 11.0. The Morgan fingerprint density at radius 3 is 2.23 bits per heavy atom. The van der Waals surface area contributed by atoms with Gasteiger partial charge in [-0.15, -0.1) is 0 Å². The number of aromatic nitrogens is 1. The number of piperazine rings is 1. The number of sulfonamides is 1. The van der Waals surface area contributed by atoms with Gasteiger partial charge in [-0.1, -0.05) is 0 Å². The minimum atomic E-state index is -4.54. The minimum absolute atomic E-state index is 0.0400. The van der Waals surface area contributed by atoms with Crippen molar-refractivity contribution in [3.05, 3.63) is 53.7 Å².